The van der Waals surface area contributed by atoms with Crippen LogP contribution in [0.5, 0.6) is 0 Å². The average molecular weight is 190 g/mol. The summed E-state index contributed by atoms with van der Waals surface area (Å²) in [4.78, 5) is 7.09. The van der Waals surface area contributed by atoms with Gasteiger partial charge >= 0.3 is 0 Å². The Bertz CT molecular complexity index is 447. The van der Waals surface area contributed by atoms with Gasteiger partial charge in [0.15, 0.2) is 0 Å². The van der Waals surface area contributed by atoms with Gasteiger partial charge < -0.3 is 5.32 Å². The Balaban J connectivity index is 2.34. The van der Waals surface area contributed by atoms with Crippen molar-refractivity contribution in [3.05, 3.63) is 28.8 Å². The topological polar surface area (TPSA) is 24.9 Å². The second kappa shape index (κ2) is 2.79. The molecule has 0 fully saturated rings. The van der Waals surface area contributed by atoms with Gasteiger partial charge in [-0.2, -0.15) is 0 Å². The maximum Gasteiger partial charge on any atom is 0.123 e. The van der Waals surface area contributed by atoms with Crippen LogP contribution in [0.4, 0.5) is 0 Å². The summed E-state index contributed by atoms with van der Waals surface area (Å²) < 4.78 is 0. The summed E-state index contributed by atoms with van der Waals surface area (Å²) in [5.74, 6) is 0. The van der Waals surface area contributed by atoms with Gasteiger partial charge in [-0.15, -0.1) is 11.3 Å². The van der Waals surface area contributed by atoms with Crippen LogP contribution in [0.3, 0.4) is 0 Å². The van der Waals surface area contributed by atoms with E-state index in [9.17, 15) is 0 Å². The lowest BCUT2D eigenvalue weighted by Gasteiger charge is -2.11. The number of hydrogen-bond donors (Lipinski definition) is 1. The van der Waals surface area contributed by atoms with Crippen molar-refractivity contribution in [1.82, 2.24) is 10.3 Å². The van der Waals surface area contributed by atoms with E-state index in [1.54, 1.807) is 0 Å². The minimum atomic E-state index is 1.01. The van der Waals surface area contributed by atoms with Crippen molar-refractivity contribution in [2.45, 2.75) is 13.0 Å². The quantitative estimate of drug-likeness (QED) is 0.686. The zero-order valence-electron chi connectivity index (χ0n) is 7.21. The van der Waals surface area contributed by atoms with Crippen LogP contribution in [0.1, 0.15) is 10.4 Å². The van der Waals surface area contributed by atoms with E-state index in [-0.39, 0.29) is 0 Å². The van der Waals surface area contributed by atoms with Gasteiger partial charge in [-0.3, -0.25) is 0 Å². The maximum atomic E-state index is 4.38. The van der Waals surface area contributed by atoms with Gasteiger partial charge in [-0.05, 0) is 18.1 Å². The molecule has 3 rings (SSSR count). The van der Waals surface area contributed by atoms with Crippen LogP contribution in [0.2, 0.25) is 0 Å². The van der Waals surface area contributed by atoms with Crippen LogP contribution in [0.25, 0.3) is 10.2 Å². The first kappa shape index (κ1) is 7.47. The molecule has 0 atom stereocenters. The Hall–Kier alpha value is -0.930. The molecular weight excluding hydrogens is 180 g/mol. The lowest BCUT2D eigenvalue weighted by atomic mass is 10.1. The molecular formula is C10H10N2S. The van der Waals surface area contributed by atoms with E-state index >= 15 is 0 Å². The molecule has 1 aliphatic heterocycles. The third-order valence-corrected chi connectivity index (χ3v) is 3.70. The lowest BCUT2D eigenvalue weighted by molar-refractivity contribution is 0.656. The highest BCUT2D eigenvalue weighted by Gasteiger charge is 2.14. The number of hydrogen-bond acceptors (Lipinski definition) is 3. The largest absolute Gasteiger partial charge is 0.312 e. The fourth-order valence-electron chi connectivity index (χ4n) is 1.84. The molecule has 2 nitrogen and oxygen atoms in total. The van der Waals surface area contributed by atoms with E-state index in [4.69, 9.17) is 0 Å². The molecule has 3 heterocycles. The third-order valence-electron chi connectivity index (χ3n) is 2.48. The van der Waals surface area contributed by atoms with Gasteiger partial charge in [0, 0.05) is 29.5 Å². The van der Waals surface area contributed by atoms with Crippen molar-refractivity contribution in [3.8, 4) is 0 Å². The SMILES string of the molecule is c1cnc2sc3c(c2c1)CNCC3. The molecule has 0 aliphatic carbocycles. The highest BCUT2D eigenvalue weighted by Crippen LogP contribution is 2.31. The molecule has 0 aromatic carbocycles. The molecule has 2 aromatic rings. The number of fused-ring (bicyclic) bond motifs is 3. The van der Waals surface area contributed by atoms with Crippen molar-refractivity contribution in [2.75, 3.05) is 6.54 Å². The van der Waals surface area contributed by atoms with Crippen molar-refractivity contribution in [3.63, 3.8) is 0 Å². The molecule has 0 bridgehead atoms. The molecule has 0 saturated heterocycles. The van der Waals surface area contributed by atoms with E-state index in [2.05, 4.69) is 16.4 Å². The van der Waals surface area contributed by atoms with Crippen molar-refractivity contribution >= 4 is 21.6 Å². The molecule has 3 heteroatoms. The second-order valence-corrected chi connectivity index (χ2v) is 4.37. The molecule has 0 radical (unpaired) electrons. The van der Waals surface area contributed by atoms with Gasteiger partial charge in [-0.1, -0.05) is 6.07 Å². The summed E-state index contributed by atoms with van der Waals surface area (Å²) in [5, 5.41) is 4.74. The molecule has 0 saturated carbocycles. The van der Waals surface area contributed by atoms with E-state index in [1.165, 1.54) is 20.7 Å². The maximum absolute atomic E-state index is 4.38. The first-order chi connectivity index (χ1) is 6.45. The van der Waals surface area contributed by atoms with E-state index in [1.807, 2.05) is 23.6 Å². The predicted octanol–water partition coefficient (Wildman–Crippen LogP) is 1.94. The van der Waals surface area contributed by atoms with Gasteiger partial charge in [-0.25, -0.2) is 4.98 Å². The van der Waals surface area contributed by atoms with Gasteiger partial charge in [0.1, 0.15) is 4.83 Å². The van der Waals surface area contributed by atoms with Gasteiger partial charge in [0.05, 0.1) is 0 Å². The number of pyridine rings is 1. The minimum Gasteiger partial charge on any atom is -0.312 e. The zero-order chi connectivity index (χ0) is 8.67. The number of rotatable bonds is 0. The van der Waals surface area contributed by atoms with Crippen LogP contribution in [0.15, 0.2) is 18.3 Å². The summed E-state index contributed by atoms with van der Waals surface area (Å²) >= 11 is 1.85. The average Bonchev–Trinajstić information content (AvgIpc) is 2.56. The molecule has 1 N–H and O–H groups in total. The highest BCUT2D eigenvalue weighted by molar-refractivity contribution is 7.18. The standard InChI is InChI=1S/C10H10N2S/c1-2-7-8-6-11-5-3-9(8)13-10(7)12-4-1/h1-2,4,11H,3,5-6H2. The van der Waals surface area contributed by atoms with Crippen LogP contribution in [0, 0.1) is 0 Å². The number of nitrogens with one attached hydrogen (secondary N) is 1. The van der Waals surface area contributed by atoms with Crippen molar-refractivity contribution in [2.24, 2.45) is 0 Å². The fraction of sp³-hybridized carbons (Fsp3) is 0.300. The Morgan fingerprint density at radius 1 is 1.46 bits per heavy atom. The Kier molecular flexibility index (Phi) is 1.60. The molecule has 66 valence electrons. The molecule has 0 unspecified atom stereocenters. The summed E-state index contributed by atoms with van der Waals surface area (Å²) in [7, 11) is 0. The molecule has 0 spiro atoms. The number of thiophene rings is 1. The van der Waals surface area contributed by atoms with Gasteiger partial charge in [0.25, 0.3) is 0 Å². The summed E-state index contributed by atoms with van der Waals surface area (Å²) in [6.07, 6.45) is 3.04. The van der Waals surface area contributed by atoms with E-state index < -0.39 is 0 Å². The normalized spacial score (nSPS) is 16.0. The first-order valence-electron chi connectivity index (χ1n) is 4.51. The summed E-state index contributed by atoms with van der Waals surface area (Å²) in [6.45, 7) is 2.13. The highest BCUT2D eigenvalue weighted by atomic mass is 32.1. The van der Waals surface area contributed by atoms with Gasteiger partial charge in [0.2, 0.25) is 0 Å². The minimum absolute atomic E-state index is 1.01. The number of aromatic nitrogens is 1. The number of nitrogens with zero attached hydrogens (tertiary/aromatic N) is 1. The van der Waals surface area contributed by atoms with Crippen LogP contribution < -0.4 is 5.32 Å². The molecule has 1 aliphatic rings. The lowest BCUT2D eigenvalue weighted by Crippen LogP contribution is -2.21. The Morgan fingerprint density at radius 2 is 2.46 bits per heavy atom. The molecule has 2 aromatic heterocycles. The second-order valence-electron chi connectivity index (χ2n) is 3.29. The zero-order valence-corrected chi connectivity index (χ0v) is 8.03. The first-order valence-corrected chi connectivity index (χ1v) is 5.33. The monoisotopic (exact) mass is 190 g/mol. The van der Waals surface area contributed by atoms with Crippen LogP contribution in [-0.2, 0) is 13.0 Å². The van der Waals surface area contributed by atoms with E-state index in [0.29, 0.717) is 0 Å². The molecule has 13 heavy (non-hydrogen) atoms. The smallest absolute Gasteiger partial charge is 0.123 e. The van der Waals surface area contributed by atoms with Crippen LogP contribution >= 0.6 is 11.3 Å². The summed E-state index contributed by atoms with van der Waals surface area (Å²) in [5.41, 5.74) is 1.47. The third kappa shape index (κ3) is 1.08. The summed E-state index contributed by atoms with van der Waals surface area (Å²) in [6, 6.07) is 4.19. The Morgan fingerprint density at radius 3 is 3.46 bits per heavy atom. The molecule has 0 amide bonds. The predicted molar refractivity (Wildman–Crippen MR) is 55.0 cm³/mol. The van der Waals surface area contributed by atoms with Crippen LogP contribution in [-0.4, -0.2) is 11.5 Å². The fourth-order valence-corrected chi connectivity index (χ4v) is 3.00. The Labute approximate surface area is 80.6 Å². The van der Waals surface area contributed by atoms with Crippen molar-refractivity contribution < 1.29 is 0 Å². The van der Waals surface area contributed by atoms with E-state index in [0.717, 1.165) is 19.5 Å². The van der Waals surface area contributed by atoms with Crippen molar-refractivity contribution in [1.29, 1.82) is 0 Å².